The first-order valence-corrected chi connectivity index (χ1v) is 10.1. The summed E-state index contributed by atoms with van der Waals surface area (Å²) in [5.41, 5.74) is 2.34. The highest BCUT2D eigenvalue weighted by molar-refractivity contribution is 5.60. The van der Waals surface area contributed by atoms with Gasteiger partial charge in [-0.15, -0.1) is 0 Å². The van der Waals surface area contributed by atoms with Gasteiger partial charge in [0.1, 0.15) is 17.3 Å². The first-order valence-electron chi connectivity index (χ1n) is 10.1. The molecule has 162 valence electrons. The van der Waals surface area contributed by atoms with Gasteiger partial charge in [0.15, 0.2) is 0 Å². The average Bonchev–Trinajstić information content (AvgIpc) is 3.20. The van der Waals surface area contributed by atoms with E-state index in [9.17, 15) is 15.2 Å². The van der Waals surface area contributed by atoms with Crippen LogP contribution in [0.3, 0.4) is 0 Å². The largest absolute Gasteiger partial charge is 0.457 e. The van der Waals surface area contributed by atoms with Crippen molar-refractivity contribution in [2.75, 3.05) is 12.4 Å². The lowest BCUT2D eigenvalue weighted by Gasteiger charge is -2.15. The summed E-state index contributed by atoms with van der Waals surface area (Å²) in [6, 6.07) is 23.3. The third kappa shape index (κ3) is 4.60. The van der Waals surface area contributed by atoms with Crippen molar-refractivity contribution in [3.8, 4) is 22.8 Å². The molecule has 1 atom stereocenters. The van der Waals surface area contributed by atoms with Crippen molar-refractivity contribution in [1.29, 1.82) is 0 Å². The second-order valence-corrected chi connectivity index (χ2v) is 7.24. The van der Waals surface area contributed by atoms with Crippen LogP contribution in [0.25, 0.3) is 11.3 Å². The van der Waals surface area contributed by atoms with Crippen LogP contribution in [0, 0.1) is 10.1 Å². The Hall–Kier alpha value is -4.17. The topological polar surface area (TPSA) is 116 Å². The quantitative estimate of drug-likeness (QED) is 0.242. The number of aliphatic hydroxyl groups excluding tert-OH is 1. The Morgan fingerprint density at radius 1 is 1.00 bits per heavy atom. The van der Waals surface area contributed by atoms with E-state index >= 15 is 0 Å². The van der Waals surface area contributed by atoms with Crippen LogP contribution in [0.15, 0.2) is 85.1 Å². The molecular formula is C24H22N4O4. The number of rotatable bonds is 8. The molecule has 0 aliphatic carbocycles. The number of ether oxygens (including phenoxy) is 1. The van der Waals surface area contributed by atoms with E-state index in [1.54, 1.807) is 18.3 Å². The third-order valence-corrected chi connectivity index (χ3v) is 5.13. The van der Waals surface area contributed by atoms with Crippen molar-refractivity contribution in [1.82, 2.24) is 9.66 Å². The lowest BCUT2D eigenvalue weighted by atomic mass is 9.95. The third-order valence-electron chi connectivity index (χ3n) is 5.13. The van der Waals surface area contributed by atoms with Crippen LogP contribution in [0.1, 0.15) is 23.7 Å². The van der Waals surface area contributed by atoms with Crippen molar-refractivity contribution >= 4 is 5.69 Å². The van der Waals surface area contributed by atoms with E-state index in [2.05, 4.69) is 0 Å². The summed E-state index contributed by atoms with van der Waals surface area (Å²) in [7, 11) is 0. The number of para-hydroxylation sites is 1. The van der Waals surface area contributed by atoms with E-state index < -0.39 is 4.92 Å². The number of nitro groups is 1. The van der Waals surface area contributed by atoms with Gasteiger partial charge in [-0.1, -0.05) is 30.3 Å². The molecule has 0 saturated carbocycles. The van der Waals surface area contributed by atoms with Gasteiger partial charge in [-0.05, 0) is 48.4 Å². The van der Waals surface area contributed by atoms with Crippen LogP contribution < -0.4 is 10.6 Å². The Morgan fingerprint density at radius 2 is 1.66 bits per heavy atom. The van der Waals surface area contributed by atoms with Crippen molar-refractivity contribution in [3.63, 3.8) is 0 Å². The summed E-state index contributed by atoms with van der Waals surface area (Å²) in [5, 5.41) is 20.5. The number of nitrogens with zero attached hydrogens (tertiary/aromatic N) is 3. The van der Waals surface area contributed by atoms with Crippen molar-refractivity contribution in [2.45, 2.75) is 12.3 Å². The molecule has 1 aromatic heterocycles. The first kappa shape index (κ1) is 21.1. The zero-order valence-corrected chi connectivity index (χ0v) is 17.2. The molecular weight excluding hydrogens is 408 g/mol. The second kappa shape index (κ2) is 9.32. The summed E-state index contributed by atoms with van der Waals surface area (Å²) in [6.45, 7) is -0.0740. The minimum Gasteiger partial charge on any atom is -0.457 e. The molecule has 8 nitrogen and oxygen atoms in total. The number of hydrogen-bond donors (Lipinski definition) is 2. The number of imidazole rings is 1. The molecule has 4 aromatic rings. The SMILES string of the molecule is Nn1cc(-c2ccc(Oc3ccccc3)cc2)nc1C(CCO)c1ccc([N+](=O)[O-])cc1. The van der Waals surface area contributed by atoms with Crippen LogP contribution in [0.5, 0.6) is 11.5 Å². The smallest absolute Gasteiger partial charge is 0.269 e. The fraction of sp³-hybridized carbons (Fsp3) is 0.125. The number of aromatic nitrogens is 2. The Bertz CT molecular complexity index is 1190. The zero-order valence-electron chi connectivity index (χ0n) is 17.2. The average molecular weight is 430 g/mol. The molecule has 0 spiro atoms. The molecule has 0 aliphatic rings. The number of benzene rings is 3. The monoisotopic (exact) mass is 430 g/mol. The molecule has 0 fully saturated rings. The van der Waals surface area contributed by atoms with Gasteiger partial charge in [-0.2, -0.15) is 0 Å². The van der Waals surface area contributed by atoms with E-state index in [1.807, 2.05) is 54.6 Å². The van der Waals surface area contributed by atoms with E-state index in [0.717, 1.165) is 16.9 Å². The van der Waals surface area contributed by atoms with E-state index in [4.69, 9.17) is 15.6 Å². The molecule has 0 saturated heterocycles. The fourth-order valence-electron chi connectivity index (χ4n) is 3.53. The highest BCUT2D eigenvalue weighted by Crippen LogP contribution is 2.31. The molecule has 0 aliphatic heterocycles. The minimum absolute atomic E-state index is 0.00564. The maximum absolute atomic E-state index is 10.9. The van der Waals surface area contributed by atoms with Crippen molar-refractivity contribution in [3.05, 3.63) is 107 Å². The van der Waals surface area contributed by atoms with Gasteiger partial charge in [0, 0.05) is 30.2 Å². The highest BCUT2D eigenvalue weighted by Gasteiger charge is 2.21. The number of nitro benzene ring substituents is 1. The molecule has 0 amide bonds. The Morgan fingerprint density at radius 3 is 2.28 bits per heavy atom. The predicted molar refractivity (Wildman–Crippen MR) is 121 cm³/mol. The van der Waals surface area contributed by atoms with Crippen molar-refractivity contribution < 1.29 is 14.8 Å². The lowest BCUT2D eigenvalue weighted by Crippen LogP contribution is -2.17. The van der Waals surface area contributed by atoms with Gasteiger partial charge in [-0.25, -0.2) is 4.98 Å². The van der Waals surface area contributed by atoms with Gasteiger partial charge in [0.05, 0.1) is 16.8 Å². The summed E-state index contributed by atoms with van der Waals surface area (Å²) in [4.78, 5) is 15.2. The van der Waals surface area contributed by atoms with Gasteiger partial charge < -0.3 is 15.7 Å². The summed E-state index contributed by atoms with van der Waals surface area (Å²) in [5.74, 6) is 7.91. The number of aliphatic hydroxyl groups is 1. The van der Waals surface area contributed by atoms with Gasteiger partial charge in [0.2, 0.25) is 0 Å². The van der Waals surface area contributed by atoms with Crippen molar-refractivity contribution in [2.24, 2.45) is 0 Å². The maximum Gasteiger partial charge on any atom is 0.269 e. The molecule has 8 heteroatoms. The molecule has 0 radical (unpaired) electrons. The molecule has 32 heavy (non-hydrogen) atoms. The normalized spacial score (nSPS) is 11.8. The molecule has 0 bridgehead atoms. The van der Waals surface area contributed by atoms with E-state index in [1.165, 1.54) is 16.8 Å². The molecule has 4 rings (SSSR count). The molecule has 1 heterocycles. The highest BCUT2D eigenvalue weighted by atomic mass is 16.6. The van der Waals surface area contributed by atoms with Crippen LogP contribution >= 0.6 is 0 Å². The summed E-state index contributed by atoms with van der Waals surface area (Å²) in [6.07, 6.45) is 2.10. The number of nitrogens with two attached hydrogens (primary N) is 1. The summed E-state index contributed by atoms with van der Waals surface area (Å²) >= 11 is 0. The molecule has 3 aromatic carbocycles. The Labute approximate surface area is 184 Å². The summed E-state index contributed by atoms with van der Waals surface area (Å²) < 4.78 is 7.26. The zero-order chi connectivity index (χ0) is 22.5. The number of hydrogen-bond acceptors (Lipinski definition) is 6. The first-order chi connectivity index (χ1) is 15.5. The van der Waals surface area contributed by atoms with Gasteiger partial charge in [-0.3, -0.25) is 14.8 Å². The van der Waals surface area contributed by atoms with Gasteiger partial charge in [0.25, 0.3) is 5.69 Å². The number of non-ortho nitro benzene ring substituents is 1. The maximum atomic E-state index is 10.9. The van der Waals surface area contributed by atoms with Crippen LogP contribution in [0.4, 0.5) is 5.69 Å². The van der Waals surface area contributed by atoms with E-state index in [-0.39, 0.29) is 18.2 Å². The second-order valence-electron chi connectivity index (χ2n) is 7.24. The minimum atomic E-state index is -0.446. The molecule has 3 N–H and O–H groups in total. The van der Waals surface area contributed by atoms with Crippen LogP contribution in [-0.4, -0.2) is 26.3 Å². The van der Waals surface area contributed by atoms with Crippen LogP contribution in [0.2, 0.25) is 0 Å². The predicted octanol–water partition coefficient (Wildman–Crippen LogP) is 4.48. The van der Waals surface area contributed by atoms with Gasteiger partial charge >= 0.3 is 0 Å². The Kier molecular flexibility index (Phi) is 6.14. The lowest BCUT2D eigenvalue weighted by molar-refractivity contribution is -0.384. The fourth-order valence-corrected chi connectivity index (χ4v) is 3.53. The Balaban J connectivity index is 1.58. The number of nitrogen functional groups attached to an aromatic ring is 1. The van der Waals surface area contributed by atoms with Crippen LogP contribution in [-0.2, 0) is 0 Å². The van der Waals surface area contributed by atoms with E-state index in [0.29, 0.717) is 23.7 Å². The molecule has 1 unspecified atom stereocenters. The standard InChI is InChI=1S/C24H22N4O4/c25-27-16-23(18-8-12-21(13-9-18)32-20-4-2-1-3-5-20)26-24(27)22(14-15-29)17-6-10-19(11-7-17)28(30)31/h1-13,16,22,29H,14-15,25H2.